The number of aryl methyl sites for hydroxylation is 3. The van der Waals surface area contributed by atoms with Crippen LogP contribution in [0.5, 0.6) is 0 Å². The minimum Gasteiger partial charge on any atom is -0.364 e. The van der Waals surface area contributed by atoms with Crippen LogP contribution in [-0.4, -0.2) is 31.0 Å². The molecule has 8 nitrogen and oxygen atoms in total. The van der Waals surface area contributed by atoms with Gasteiger partial charge in [-0.2, -0.15) is 10.2 Å². The Kier molecular flexibility index (Phi) is 4.02. The maximum absolute atomic E-state index is 11.1. The van der Waals surface area contributed by atoms with Crippen LogP contribution in [0.4, 0.5) is 11.5 Å². The molecule has 8 heteroatoms. The number of aromatic nitrogens is 4. The lowest BCUT2D eigenvalue weighted by atomic mass is 10.2. The van der Waals surface area contributed by atoms with E-state index < -0.39 is 0 Å². The molecular weight excluding hydrogens is 260 g/mol. The fourth-order valence-corrected chi connectivity index (χ4v) is 2.12. The van der Waals surface area contributed by atoms with Crippen LogP contribution in [0.2, 0.25) is 0 Å². The van der Waals surface area contributed by atoms with Crippen molar-refractivity contribution in [3.8, 4) is 0 Å². The number of hydrogen-bond donors (Lipinski definition) is 1. The van der Waals surface area contributed by atoms with Crippen molar-refractivity contribution in [1.82, 2.24) is 19.6 Å². The molecule has 0 fully saturated rings. The maximum Gasteiger partial charge on any atom is 0.333 e. The van der Waals surface area contributed by atoms with Gasteiger partial charge in [-0.15, -0.1) is 0 Å². The highest BCUT2D eigenvalue weighted by molar-refractivity contribution is 5.59. The lowest BCUT2D eigenvalue weighted by molar-refractivity contribution is -0.384. The van der Waals surface area contributed by atoms with Crippen molar-refractivity contribution in [2.75, 3.05) is 11.9 Å². The molecule has 2 aromatic heterocycles. The summed E-state index contributed by atoms with van der Waals surface area (Å²) >= 11 is 0. The molecule has 20 heavy (non-hydrogen) atoms. The van der Waals surface area contributed by atoms with Crippen molar-refractivity contribution >= 4 is 11.5 Å². The first-order valence-electron chi connectivity index (χ1n) is 6.46. The summed E-state index contributed by atoms with van der Waals surface area (Å²) in [6.07, 6.45) is 4.47. The molecule has 1 N–H and O–H groups in total. The summed E-state index contributed by atoms with van der Waals surface area (Å²) in [5.41, 5.74) is 1.57. The van der Waals surface area contributed by atoms with Crippen LogP contribution in [0.3, 0.4) is 0 Å². The summed E-state index contributed by atoms with van der Waals surface area (Å²) in [4.78, 5) is 10.7. The molecule has 0 aliphatic carbocycles. The Hall–Kier alpha value is -2.38. The fourth-order valence-electron chi connectivity index (χ4n) is 2.12. The van der Waals surface area contributed by atoms with Crippen molar-refractivity contribution in [2.24, 2.45) is 7.05 Å². The van der Waals surface area contributed by atoms with E-state index in [4.69, 9.17) is 0 Å². The molecule has 0 aliphatic heterocycles. The van der Waals surface area contributed by atoms with Gasteiger partial charge in [0.2, 0.25) is 5.82 Å². The Morgan fingerprint density at radius 2 is 2.25 bits per heavy atom. The van der Waals surface area contributed by atoms with Gasteiger partial charge in [0.25, 0.3) is 0 Å². The van der Waals surface area contributed by atoms with Crippen LogP contribution in [0.25, 0.3) is 0 Å². The summed E-state index contributed by atoms with van der Waals surface area (Å²) < 4.78 is 3.36. The van der Waals surface area contributed by atoms with Crippen LogP contribution in [-0.2, 0) is 20.0 Å². The van der Waals surface area contributed by atoms with Crippen molar-refractivity contribution in [3.05, 3.63) is 33.8 Å². The van der Waals surface area contributed by atoms with E-state index in [1.54, 1.807) is 22.5 Å². The summed E-state index contributed by atoms with van der Waals surface area (Å²) in [7, 11) is 1.86. The lowest BCUT2D eigenvalue weighted by Crippen LogP contribution is -2.11. The third kappa shape index (κ3) is 2.79. The number of nitro groups is 1. The predicted octanol–water partition coefficient (Wildman–Crippen LogP) is 1.51. The van der Waals surface area contributed by atoms with Gasteiger partial charge in [-0.1, -0.05) is 0 Å². The van der Waals surface area contributed by atoms with Crippen LogP contribution in [0.15, 0.2) is 12.4 Å². The standard InChI is InChI=1S/C12H18N6O2/c1-4-17-12(11(18(19)20)9(2)15-17)13-6-5-10-7-14-16(3)8-10/h7-8,13H,4-6H2,1-3H3. The zero-order valence-corrected chi connectivity index (χ0v) is 11.8. The zero-order valence-electron chi connectivity index (χ0n) is 11.8. The minimum absolute atomic E-state index is 0.0537. The molecule has 0 bridgehead atoms. The summed E-state index contributed by atoms with van der Waals surface area (Å²) in [5, 5.41) is 22.5. The van der Waals surface area contributed by atoms with Gasteiger partial charge < -0.3 is 5.32 Å². The zero-order chi connectivity index (χ0) is 14.7. The first-order valence-corrected chi connectivity index (χ1v) is 6.46. The average molecular weight is 278 g/mol. The second-order valence-electron chi connectivity index (χ2n) is 4.55. The van der Waals surface area contributed by atoms with Gasteiger partial charge in [0.05, 0.1) is 11.1 Å². The topological polar surface area (TPSA) is 90.8 Å². The van der Waals surface area contributed by atoms with Gasteiger partial charge in [-0.3, -0.25) is 14.8 Å². The largest absolute Gasteiger partial charge is 0.364 e. The van der Waals surface area contributed by atoms with Gasteiger partial charge in [0.1, 0.15) is 5.69 Å². The second kappa shape index (κ2) is 5.72. The third-order valence-corrected chi connectivity index (χ3v) is 3.04. The average Bonchev–Trinajstić information content (AvgIpc) is 2.93. The molecular formula is C12H18N6O2. The lowest BCUT2D eigenvalue weighted by Gasteiger charge is -2.06. The van der Waals surface area contributed by atoms with Crippen LogP contribution >= 0.6 is 0 Å². The van der Waals surface area contributed by atoms with Gasteiger partial charge in [-0.25, -0.2) is 4.68 Å². The molecule has 0 radical (unpaired) electrons. The monoisotopic (exact) mass is 278 g/mol. The van der Waals surface area contributed by atoms with Crippen molar-refractivity contribution in [2.45, 2.75) is 26.8 Å². The molecule has 0 unspecified atom stereocenters. The molecule has 0 aliphatic rings. The van der Waals surface area contributed by atoms with Crippen LogP contribution < -0.4 is 5.32 Å². The molecule has 2 heterocycles. The number of rotatable bonds is 6. The van der Waals surface area contributed by atoms with E-state index in [9.17, 15) is 10.1 Å². The molecule has 0 amide bonds. The van der Waals surface area contributed by atoms with Gasteiger partial charge in [-0.05, 0) is 25.8 Å². The normalized spacial score (nSPS) is 10.8. The quantitative estimate of drug-likeness (QED) is 0.639. The van der Waals surface area contributed by atoms with E-state index in [0.717, 1.165) is 12.0 Å². The molecule has 2 rings (SSSR count). The van der Waals surface area contributed by atoms with Gasteiger partial charge >= 0.3 is 5.69 Å². The fraction of sp³-hybridized carbons (Fsp3) is 0.500. The highest BCUT2D eigenvalue weighted by Gasteiger charge is 2.24. The Morgan fingerprint density at radius 3 is 2.80 bits per heavy atom. The predicted molar refractivity (Wildman–Crippen MR) is 74.7 cm³/mol. The van der Waals surface area contributed by atoms with Gasteiger partial charge in [0, 0.05) is 26.3 Å². The van der Waals surface area contributed by atoms with Crippen molar-refractivity contribution in [1.29, 1.82) is 0 Å². The third-order valence-electron chi connectivity index (χ3n) is 3.04. The van der Waals surface area contributed by atoms with E-state index in [-0.39, 0.29) is 10.6 Å². The van der Waals surface area contributed by atoms with Crippen molar-refractivity contribution < 1.29 is 4.92 Å². The van der Waals surface area contributed by atoms with Gasteiger partial charge in [0.15, 0.2) is 0 Å². The Balaban J connectivity index is 2.10. The Bertz CT molecular complexity index is 615. The summed E-state index contributed by atoms with van der Waals surface area (Å²) in [6.45, 7) is 4.74. The molecule has 2 aromatic rings. The highest BCUT2D eigenvalue weighted by atomic mass is 16.6. The van der Waals surface area contributed by atoms with E-state index in [2.05, 4.69) is 15.5 Å². The number of nitrogens with one attached hydrogen (secondary N) is 1. The first kappa shape index (κ1) is 14.0. The molecule has 0 saturated carbocycles. The smallest absolute Gasteiger partial charge is 0.333 e. The minimum atomic E-state index is -0.388. The van der Waals surface area contributed by atoms with E-state index in [0.29, 0.717) is 24.6 Å². The molecule has 0 atom stereocenters. The summed E-state index contributed by atoms with van der Waals surface area (Å²) in [6, 6.07) is 0. The Labute approximate surface area is 116 Å². The first-order chi connectivity index (χ1) is 9.52. The number of anilines is 1. The number of hydrogen-bond acceptors (Lipinski definition) is 5. The Morgan fingerprint density at radius 1 is 1.50 bits per heavy atom. The van der Waals surface area contributed by atoms with E-state index >= 15 is 0 Å². The van der Waals surface area contributed by atoms with Crippen molar-refractivity contribution in [3.63, 3.8) is 0 Å². The second-order valence-corrected chi connectivity index (χ2v) is 4.55. The molecule has 0 saturated heterocycles. The SMILES string of the molecule is CCn1nc(C)c([N+](=O)[O-])c1NCCc1cnn(C)c1. The van der Waals surface area contributed by atoms with E-state index in [1.165, 1.54) is 0 Å². The number of nitrogens with zero attached hydrogens (tertiary/aromatic N) is 5. The highest BCUT2D eigenvalue weighted by Crippen LogP contribution is 2.27. The van der Waals surface area contributed by atoms with E-state index in [1.807, 2.05) is 20.2 Å². The van der Waals surface area contributed by atoms with Crippen LogP contribution in [0.1, 0.15) is 18.2 Å². The molecule has 0 aromatic carbocycles. The molecule has 0 spiro atoms. The molecule has 108 valence electrons. The maximum atomic E-state index is 11.1. The summed E-state index contributed by atoms with van der Waals surface area (Å²) in [5.74, 6) is 0.471. The van der Waals surface area contributed by atoms with Crippen LogP contribution in [0, 0.1) is 17.0 Å².